The van der Waals surface area contributed by atoms with Crippen LogP contribution in [0.3, 0.4) is 0 Å². The van der Waals surface area contributed by atoms with Gasteiger partial charge in [-0.2, -0.15) is 0 Å². The summed E-state index contributed by atoms with van der Waals surface area (Å²) in [6.07, 6.45) is 8.16. The number of hydrogen-bond donors (Lipinski definition) is 0. The lowest BCUT2D eigenvalue weighted by atomic mass is 9.74. The lowest BCUT2D eigenvalue weighted by Crippen LogP contribution is -2.52. The predicted octanol–water partition coefficient (Wildman–Crippen LogP) is 2.21. The van der Waals surface area contributed by atoms with E-state index in [0.29, 0.717) is 25.7 Å². The third-order valence-corrected chi connectivity index (χ3v) is 6.46. The Morgan fingerprint density at radius 1 is 1.12 bits per heavy atom. The first-order chi connectivity index (χ1) is 12.5. The van der Waals surface area contributed by atoms with Gasteiger partial charge in [-0.25, -0.2) is 0 Å². The van der Waals surface area contributed by atoms with Gasteiger partial charge < -0.3 is 19.3 Å². The highest BCUT2D eigenvalue weighted by molar-refractivity contribution is 5.83. The van der Waals surface area contributed by atoms with Crippen molar-refractivity contribution in [3.05, 3.63) is 0 Å². The largest absolute Gasteiger partial charge is 0.381 e. The van der Waals surface area contributed by atoms with Gasteiger partial charge in [-0.05, 0) is 32.1 Å². The van der Waals surface area contributed by atoms with Gasteiger partial charge in [-0.15, -0.1) is 0 Å². The topological polar surface area (TPSA) is 59.1 Å². The summed E-state index contributed by atoms with van der Waals surface area (Å²) in [5, 5.41) is 0. The van der Waals surface area contributed by atoms with Crippen molar-refractivity contribution in [1.82, 2.24) is 9.80 Å². The van der Waals surface area contributed by atoms with Crippen LogP contribution in [0.25, 0.3) is 0 Å². The third kappa shape index (κ3) is 4.22. The minimum atomic E-state index is -0.201. The minimum absolute atomic E-state index is 0.0441. The van der Waals surface area contributed by atoms with E-state index < -0.39 is 0 Å². The molecule has 1 unspecified atom stereocenters. The summed E-state index contributed by atoms with van der Waals surface area (Å²) in [4.78, 5) is 29.9. The van der Waals surface area contributed by atoms with Crippen LogP contribution in [0.1, 0.15) is 58.3 Å². The lowest BCUT2D eigenvalue weighted by Gasteiger charge is -2.39. The van der Waals surface area contributed by atoms with Crippen LogP contribution in [0.15, 0.2) is 0 Å². The Hall–Kier alpha value is -1.14. The summed E-state index contributed by atoms with van der Waals surface area (Å²) < 4.78 is 10.6. The molecule has 3 fully saturated rings. The van der Waals surface area contributed by atoms with E-state index in [2.05, 4.69) is 6.92 Å². The highest BCUT2D eigenvalue weighted by atomic mass is 16.5. The summed E-state index contributed by atoms with van der Waals surface area (Å²) in [5.41, 5.74) is -0.201. The lowest BCUT2D eigenvalue weighted by molar-refractivity contribution is -0.145. The Kier molecular flexibility index (Phi) is 6.56. The SMILES string of the molecule is COCC(=O)N(C1CCOCC1)C1CCN(C(=O)C2(C)CCCCC2)C1. The first kappa shape index (κ1) is 19.6. The monoisotopic (exact) mass is 366 g/mol. The summed E-state index contributed by atoms with van der Waals surface area (Å²) >= 11 is 0. The molecule has 0 spiro atoms. The van der Waals surface area contributed by atoms with Gasteiger partial charge in [0.2, 0.25) is 11.8 Å². The second-order valence-electron chi connectivity index (χ2n) is 8.39. The van der Waals surface area contributed by atoms with E-state index in [1.54, 1.807) is 7.11 Å². The Labute approximate surface area is 157 Å². The average Bonchev–Trinajstić information content (AvgIpc) is 3.12. The number of nitrogens with zero attached hydrogens (tertiary/aromatic N) is 2. The molecule has 0 aromatic heterocycles. The van der Waals surface area contributed by atoms with Crippen molar-refractivity contribution in [3.8, 4) is 0 Å². The quantitative estimate of drug-likeness (QED) is 0.749. The molecule has 0 aromatic rings. The number of carbonyl (C=O) groups is 2. The van der Waals surface area contributed by atoms with E-state index >= 15 is 0 Å². The van der Waals surface area contributed by atoms with E-state index in [1.165, 1.54) is 6.42 Å². The van der Waals surface area contributed by atoms with Crippen molar-refractivity contribution < 1.29 is 19.1 Å². The fourth-order valence-corrected chi connectivity index (χ4v) is 4.95. The van der Waals surface area contributed by atoms with Crippen molar-refractivity contribution in [2.75, 3.05) is 40.0 Å². The molecular weight excluding hydrogens is 332 g/mol. The maximum Gasteiger partial charge on any atom is 0.249 e. The molecule has 26 heavy (non-hydrogen) atoms. The van der Waals surface area contributed by atoms with E-state index in [0.717, 1.165) is 51.5 Å². The summed E-state index contributed by atoms with van der Waals surface area (Å²) in [6, 6.07) is 0.314. The molecule has 0 aromatic carbocycles. The minimum Gasteiger partial charge on any atom is -0.381 e. The van der Waals surface area contributed by atoms with Gasteiger partial charge in [0.25, 0.3) is 0 Å². The second kappa shape index (κ2) is 8.70. The van der Waals surface area contributed by atoms with Crippen LogP contribution in [-0.4, -0.2) is 73.7 Å². The van der Waals surface area contributed by atoms with Crippen LogP contribution in [0.5, 0.6) is 0 Å². The Morgan fingerprint density at radius 3 is 2.46 bits per heavy atom. The van der Waals surface area contributed by atoms with Crippen molar-refractivity contribution in [2.24, 2.45) is 5.41 Å². The van der Waals surface area contributed by atoms with Crippen molar-refractivity contribution in [2.45, 2.75) is 70.4 Å². The van der Waals surface area contributed by atoms with Crippen LogP contribution in [0.2, 0.25) is 0 Å². The molecule has 3 aliphatic rings. The number of carbonyl (C=O) groups excluding carboxylic acids is 2. The first-order valence-electron chi connectivity index (χ1n) is 10.2. The predicted molar refractivity (Wildman–Crippen MR) is 98.7 cm³/mol. The highest BCUT2D eigenvalue weighted by Gasteiger charge is 2.42. The van der Waals surface area contributed by atoms with Crippen molar-refractivity contribution in [1.29, 1.82) is 0 Å². The Balaban J connectivity index is 1.67. The van der Waals surface area contributed by atoms with Gasteiger partial charge in [0.1, 0.15) is 6.61 Å². The summed E-state index contributed by atoms with van der Waals surface area (Å²) in [6.45, 7) is 5.08. The summed E-state index contributed by atoms with van der Waals surface area (Å²) in [7, 11) is 1.56. The standard InChI is InChI=1S/C20H34N2O4/c1-20(9-4-3-5-10-20)19(24)21-11-6-17(14-21)22(18(23)15-25-2)16-7-12-26-13-8-16/h16-17H,3-15H2,1-2H3. The molecule has 2 aliphatic heterocycles. The van der Waals surface area contributed by atoms with E-state index in [-0.39, 0.29) is 30.0 Å². The zero-order valence-corrected chi connectivity index (χ0v) is 16.4. The molecule has 6 heteroatoms. The van der Waals surface area contributed by atoms with Gasteiger partial charge in [-0.3, -0.25) is 9.59 Å². The molecule has 3 rings (SSSR count). The van der Waals surface area contributed by atoms with Crippen LogP contribution in [0, 0.1) is 5.41 Å². The molecular formula is C20H34N2O4. The first-order valence-corrected chi connectivity index (χ1v) is 10.2. The maximum atomic E-state index is 13.1. The normalized spacial score (nSPS) is 26.7. The molecule has 6 nitrogen and oxygen atoms in total. The summed E-state index contributed by atoms with van der Waals surface area (Å²) in [5.74, 6) is 0.341. The number of hydrogen-bond acceptors (Lipinski definition) is 4. The van der Waals surface area contributed by atoms with E-state index in [1.807, 2.05) is 9.80 Å². The number of methoxy groups -OCH3 is 1. The van der Waals surface area contributed by atoms with Crippen LogP contribution in [0.4, 0.5) is 0 Å². The number of amides is 2. The van der Waals surface area contributed by atoms with Gasteiger partial charge in [0.15, 0.2) is 0 Å². The highest BCUT2D eigenvalue weighted by Crippen LogP contribution is 2.38. The number of ether oxygens (including phenoxy) is 2. The molecule has 1 aliphatic carbocycles. The molecule has 0 N–H and O–H groups in total. The fraction of sp³-hybridized carbons (Fsp3) is 0.900. The van der Waals surface area contributed by atoms with E-state index in [4.69, 9.17) is 9.47 Å². The molecule has 0 bridgehead atoms. The zero-order chi connectivity index (χ0) is 18.6. The van der Waals surface area contributed by atoms with Gasteiger partial charge in [0, 0.05) is 44.9 Å². The Bertz CT molecular complexity index is 498. The number of likely N-dealkylation sites (tertiary alicyclic amines) is 1. The molecule has 2 saturated heterocycles. The molecule has 2 amide bonds. The zero-order valence-electron chi connectivity index (χ0n) is 16.4. The molecule has 0 radical (unpaired) electrons. The van der Waals surface area contributed by atoms with Crippen molar-refractivity contribution in [3.63, 3.8) is 0 Å². The molecule has 1 atom stereocenters. The van der Waals surface area contributed by atoms with Crippen LogP contribution >= 0.6 is 0 Å². The van der Waals surface area contributed by atoms with Gasteiger partial charge in [-0.1, -0.05) is 26.2 Å². The second-order valence-corrected chi connectivity index (χ2v) is 8.39. The molecule has 2 heterocycles. The number of rotatable bonds is 5. The van der Waals surface area contributed by atoms with Crippen LogP contribution < -0.4 is 0 Å². The third-order valence-electron chi connectivity index (χ3n) is 6.46. The molecule has 148 valence electrons. The van der Waals surface area contributed by atoms with Crippen molar-refractivity contribution >= 4 is 11.8 Å². The van der Waals surface area contributed by atoms with Gasteiger partial charge in [0.05, 0.1) is 6.04 Å². The average molecular weight is 367 g/mol. The maximum absolute atomic E-state index is 13.1. The Morgan fingerprint density at radius 2 is 1.81 bits per heavy atom. The smallest absolute Gasteiger partial charge is 0.249 e. The van der Waals surface area contributed by atoms with Gasteiger partial charge >= 0.3 is 0 Å². The van der Waals surface area contributed by atoms with E-state index in [9.17, 15) is 9.59 Å². The van der Waals surface area contributed by atoms with Crippen LogP contribution in [-0.2, 0) is 19.1 Å². The fourth-order valence-electron chi connectivity index (χ4n) is 4.95. The molecule has 1 saturated carbocycles.